The van der Waals surface area contributed by atoms with Gasteiger partial charge in [0.05, 0.1) is 4.88 Å². The van der Waals surface area contributed by atoms with Gasteiger partial charge in [-0.15, -0.1) is 11.3 Å². The number of benzene rings is 2. The van der Waals surface area contributed by atoms with Gasteiger partial charge in [0.25, 0.3) is 0 Å². The minimum atomic E-state index is -0.479. The quantitative estimate of drug-likeness (QED) is 0.464. The molecule has 26 heavy (non-hydrogen) atoms. The molecule has 0 aliphatic rings. The van der Waals surface area contributed by atoms with E-state index < -0.39 is 5.97 Å². The first-order valence-corrected chi connectivity index (χ1v) is 8.83. The van der Waals surface area contributed by atoms with Crippen LogP contribution in [0.3, 0.4) is 0 Å². The Kier molecular flexibility index (Phi) is 5.76. The number of esters is 1. The van der Waals surface area contributed by atoms with Crippen LogP contribution in [-0.2, 0) is 16.1 Å². The number of ether oxygens (including phenoxy) is 2. The third kappa shape index (κ3) is 4.77. The number of carbonyl (C=O) groups is 2. The van der Waals surface area contributed by atoms with Crippen LogP contribution in [0.4, 0.5) is 0 Å². The third-order valence-corrected chi connectivity index (χ3v) is 4.57. The van der Waals surface area contributed by atoms with E-state index in [9.17, 15) is 9.59 Å². The molecule has 1 heterocycles. The van der Waals surface area contributed by atoms with Crippen molar-refractivity contribution in [2.75, 3.05) is 6.61 Å². The fraction of sp³-hybridized carbons (Fsp3) is 0.150. The van der Waals surface area contributed by atoms with Crippen molar-refractivity contribution in [3.8, 4) is 16.3 Å². The van der Waals surface area contributed by atoms with E-state index in [2.05, 4.69) is 4.98 Å². The summed E-state index contributed by atoms with van der Waals surface area (Å²) in [6.45, 7) is 1.41. The highest BCUT2D eigenvalue weighted by molar-refractivity contribution is 7.15. The van der Waals surface area contributed by atoms with Crippen LogP contribution in [0.1, 0.15) is 22.2 Å². The fourth-order valence-corrected chi connectivity index (χ4v) is 3.06. The highest BCUT2D eigenvalue weighted by atomic mass is 32.1. The largest absolute Gasteiger partial charge is 0.482 e. The number of thiazole rings is 1. The van der Waals surface area contributed by atoms with Crippen LogP contribution < -0.4 is 4.74 Å². The second-order valence-corrected chi connectivity index (χ2v) is 6.65. The van der Waals surface area contributed by atoms with Crippen molar-refractivity contribution in [1.29, 1.82) is 0 Å². The van der Waals surface area contributed by atoms with Crippen molar-refractivity contribution >= 4 is 23.1 Å². The Morgan fingerprint density at radius 2 is 1.88 bits per heavy atom. The summed E-state index contributed by atoms with van der Waals surface area (Å²) in [5.41, 5.74) is 1.57. The number of carbonyl (C=O) groups excluding carboxylic acids is 2. The summed E-state index contributed by atoms with van der Waals surface area (Å²) < 4.78 is 10.6. The Morgan fingerprint density at radius 3 is 2.65 bits per heavy atom. The topological polar surface area (TPSA) is 65.5 Å². The lowest BCUT2D eigenvalue weighted by atomic mass is 10.1. The van der Waals surface area contributed by atoms with Gasteiger partial charge in [-0.3, -0.25) is 4.79 Å². The number of hydrogen-bond acceptors (Lipinski definition) is 6. The van der Waals surface area contributed by atoms with E-state index in [1.54, 1.807) is 30.5 Å². The Labute approximate surface area is 155 Å². The highest BCUT2D eigenvalue weighted by Gasteiger charge is 2.09. The summed E-state index contributed by atoms with van der Waals surface area (Å²) in [4.78, 5) is 28.4. The van der Waals surface area contributed by atoms with E-state index in [1.807, 2.05) is 30.3 Å². The van der Waals surface area contributed by atoms with Crippen LogP contribution in [0, 0.1) is 0 Å². The number of aromatic nitrogens is 1. The lowest BCUT2D eigenvalue weighted by molar-refractivity contribution is -0.147. The summed E-state index contributed by atoms with van der Waals surface area (Å²) in [5.74, 6) is -0.0795. The van der Waals surface area contributed by atoms with E-state index in [-0.39, 0.29) is 19.0 Å². The first-order valence-electron chi connectivity index (χ1n) is 8.01. The van der Waals surface area contributed by atoms with E-state index in [1.165, 1.54) is 18.3 Å². The smallest absolute Gasteiger partial charge is 0.344 e. The molecule has 0 amide bonds. The van der Waals surface area contributed by atoms with Gasteiger partial charge < -0.3 is 9.47 Å². The van der Waals surface area contributed by atoms with Gasteiger partial charge in [-0.25, -0.2) is 9.78 Å². The average molecular weight is 367 g/mol. The van der Waals surface area contributed by atoms with Crippen molar-refractivity contribution in [2.24, 2.45) is 0 Å². The summed E-state index contributed by atoms with van der Waals surface area (Å²) in [6, 6.07) is 16.5. The molecule has 0 bridgehead atoms. The maximum atomic E-state index is 11.9. The van der Waals surface area contributed by atoms with Gasteiger partial charge in [0.1, 0.15) is 17.4 Å². The Hall–Kier alpha value is -2.99. The molecule has 0 atom stereocenters. The van der Waals surface area contributed by atoms with Crippen molar-refractivity contribution in [3.63, 3.8) is 0 Å². The lowest BCUT2D eigenvalue weighted by Crippen LogP contribution is -2.14. The molecule has 0 saturated heterocycles. The summed E-state index contributed by atoms with van der Waals surface area (Å²) in [7, 11) is 0. The Morgan fingerprint density at radius 1 is 1.08 bits per heavy atom. The molecule has 0 unspecified atom stereocenters. The molecule has 3 aromatic rings. The Balaban J connectivity index is 1.49. The Bertz CT molecular complexity index is 905. The monoisotopic (exact) mass is 367 g/mol. The van der Waals surface area contributed by atoms with Crippen LogP contribution in [0.15, 0.2) is 60.8 Å². The van der Waals surface area contributed by atoms with Crippen LogP contribution in [0.2, 0.25) is 0 Å². The molecule has 2 aromatic carbocycles. The molecular formula is C20H17NO4S. The number of Topliss-reactive ketones (excluding diaryl/α,β-unsaturated/α-hetero) is 1. The maximum Gasteiger partial charge on any atom is 0.344 e. The number of nitrogens with zero attached hydrogens (tertiary/aromatic N) is 1. The average Bonchev–Trinajstić information content (AvgIpc) is 3.15. The number of ketones is 1. The van der Waals surface area contributed by atoms with Crippen molar-refractivity contribution in [1.82, 2.24) is 4.98 Å². The molecule has 0 N–H and O–H groups in total. The van der Waals surface area contributed by atoms with Gasteiger partial charge in [0.15, 0.2) is 12.4 Å². The van der Waals surface area contributed by atoms with Gasteiger partial charge in [-0.1, -0.05) is 42.5 Å². The standard InChI is InChI=1S/C20H17NO4S/c1-14(22)16-8-5-9-17(10-16)24-13-19(23)25-12-18-11-21-20(26-18)15-6-3-2-4-7-15/h2-11H,12-13H2,1H3. The van der Waals surface area contributed by atoms with Crippen LogP contribution in [-0.4, -0.2) is 23.3 Å². The summed E-state index contributed by atoms with van der Waals surface area (Å²) >= 11 is 1.48. The van der Waals surface area contributed by atoms with E-state index in [0.29, 0.717) is 11.3 Å². The fourth-order valence-electron chi connectivity index (χ4n) is 2.23. The number of rotatable bonds is 7. The molecule has 0 saturated carbocycles. The molecule has 5 nitrogen and oxygen atoms in total. The first-order chi connectivity index (χ1) is 12.6. The highest BCUT2D eigenvalue weighted by Crippen LogP contribution is 2.25. The van der Waals surface area contributed by atoms with E-state index in [0.717, 1.165) is 15.4 Å². The van der Waals surface area contributed by atoms with Crippen LogP contribution in [0.25, 0.3) is 10.6 Å². The van der Waals surface area contributed by atoms with Crippen molar-refractivity contribution in [2.45, 2.75) is 13.5 Å². The van der Waals surface area contributed by atoms with Crippen LogP contribution >= 0.6 is 11.3 Å². The molecule has 132 valence electrons. The zero-order valence-corrected chi connectivity index (χ0v) is 15.0. The van der Waals surface area contributed by atoms with Gasteiger partial charge in [-0.05, 0) is 19.1 Å². The van der Waals surface area contributed by atoms with Gasteiger partial charge in [0, 0.05) is 17.3 Å². The first kappa shape index (κ1) is 17.8. The molecule has 1 aromatic heterocycles. The zero-order chi connectivity index (χ0) is 18.4. The third-order valence-electron chi connectivity index (χ3n) is 3.55. The predicted octanol–water partition coefficient (Wildman–Crippen LogP) is 4.13. The van der Waals surface area contributed by atoms with Gasteiger partial charge in [-0.2, -0.15) is 0 Å². The summed E-state index contributed by atoms with van der Waals surface area (Å²) in [6.07, 6.45) is 1.71. The van der Waals surface area contributed by atoms with Crippen LogP contribution in [0.5, 0.6) is 5.75 Å². The predicted molar refractivity (Wildman–Crippen MR) is 99.3 cm³/mol. The number of hydrogen-bond donors (Lipinski definition) is 0. The molecule has 0 aliphatic carbocycles. The second-order valence-electron chi connectivity index (χ2n) is 5.53. The van der Waals surface area contributed by atoms with Gasteiger partial charge >= 0.3 is 5.97 Å². The SMILES string of the molecule is CC(=O)c1cccc(OCC(=O)OCc2cnc(-c3ccccc3)s2)c1. The molecule has 0 aliphatic heterocycles. The van der Waals surface area contributed by atoms with E-state index in [4.69, 9.17) is 9.47 Å². The summed E-state index contributed by atoms with van der Waals surface area (Å²) in [5, 5.41) is 0.883. The van der Waals surface area contributed by atoms with E-state index >= 15 is 0 Å². The molecule has 0 spiro atoms. The normalized spacial score (nSPS) is 10.3. The molecule has 0 fully saturated rings. The molecule has 3 rings (SSSR count). The van der Waals surface area contributed by atoms with Crippen molar-refractivity contribution in [3.05, 3.63) is 71.2 Å². The second kappa shape index (κ2) is 8.40. The lowest BCUT2D eigenvalue weighted by Gasteiger charge is -2.07. The minimum absolute atomic E-state index is 0.0579. The van der Waals surface area contributed by atoms with Gasteiger partial charge in [0.2, 0.25) is 0 Å². The molecule has 0 radical (unpaired) electrons. The van der Waals surface area contributed by atoms with Crippen molar-refractivity contribution < 1.29 is 19.1 Å². The maximum absolute atomic E-state index is 11.9. The zero-order valence-electron chi connectivity index (χ0n) is 14.2. The molecule has 6 heteroatoms. The minimum Gasteiger partial charge on any atom is -0.482 e. The molecular weight excluding hydrogens is 350 g/mol.